The molecule has 0 unspecified atom stereocenters. The molecule has 0 saturated carbocycles. The van der Waals surface area contributed by atoms with Crippen LogP contribution in [0.3, 0.4) is 0 Å². The van der Waals surface area contributed by atoms with Gasteiger partial charge in [0.1, 0.15) is 11.4 Å². The number of hydrogen-bond donors (Lipinski definition) is 1. The standard InChI is InChI=1S/C20H32FN5O2.HI/c1-20(2,3)28-19(27)26-10-8-25(9-11-26)18(22)23-13-15-6-7-17(21)16(12-15)14-24(4)5;/h6-7,12H,8-11,13-14H2,1-5H3,(H2,22,23);1H. The Bertz CT molecular complexity index is 713. The van der Waals surface area contributed by atoms with Crippen LogP contribution in [0.25, 0.3) is 0 Å². The lowest BCUT2D eigenvalue weighted by Gasteiger charge is -2.36. The number of halogens is 2. The molecule has 1 aliphatic heterocycles. The van der Waals surface area contributed by atoms with Crippen molar-refractivity contribution in [2.24, 2.45) is 10.7 Å². The quantitative estimate of drug-likeness (QED) is 0.375. The Morgan fingerprint density at radius 3 is 2.34 bits per heavy atom. The van der Waals surface area contributed by atoms with E-state index in [0.29, 0.717) is 50.8 Å². The second-order valence-electron chi connectivity index (χ2n) is 8.29. The molecule has 1 heterocycles. The Morgan fingerprint density at radius 1 is 1.21 bits per heavy atom. The smallest absolute Gasteiger partial charge is 0.410 e. The molecule has 1 aromatic rings. The number of nitrogens with two attached hydrogens (primary N) is 1. The SMILES string of the molecule is CN(C)Cc1cc(CN=C(N)N2CCN(C(=O)OC(C)(C)C)CC2)ccc1F.I. The van der Waals surface area contributed by atoms with Gasteiger partial charge in [-0.2, -0.15) is 0 Å². The third kappa shape index (κ3) is 8.33. The minimum absolute atomic E-state index is 0. The number of aliphatic imine (C=N–C) groups is 1. The van der Waals surface area contributed by atoms with E-state index in [1.165, 1.54) is 6.07 Å². The molecule has 0 aliphatic carbocycles. The highest BCUT2D eigenvalue weighted by Gasteiger charge is 2.26. The third-order valence-electron chi connectivity index (χ3n) is 4.28. The molecule has 0 aromatic heterocycles. The van der Waals surface area contributed by atoms with Crippen LogP contribution in [-0.4, -0.2) is 72.6 Å². The second kappa shape index (κ2) is 11.0. The summed E-state index contributed by atoms with van der Waals surface area (Å²) >= 11 is 0. The molecule has 164 valence electrons. The van der Waals surface area contributed by atoms with E-state index in [0.717, 1.165) is 5.56 Å². The molecule has 0 radical (unpaired) electrons. The minimum atomic E-state index is -0.505. The molecule has 1 aromatic carbocycles. The number of benzene rings is 1. The molecule has 29 heavy (non-hydrogen) atoms. The third-order valence-corrected chi connectivity index (χ3v) is 4.28. The number of carbonyl (C=O) groups excluding carboxylic acids is 1. The van der Waals surface area contributed by atoms with Crippen LogP contribution in [-0.2, 0) is 17.8 Å². The molecule has 7 nitrogen and oxygen atoms in total. The van der Waals surface area contributed by atoms with Gasteiger partial charge < -0.3 is 25.2 Å². The molecule has 1 amide bonds. The molecule has 1 aliphatic rings. The molecule has 2 rings (SSSR count). The van der Waals surface area contributed by atoms with Gasteiger partial charge in [-0.25, -0.2) is 14.2 Å². The fourth-order valence-corrected chi connectivity index (χ4v) is 2.91. The van der Waals surface area contributed by atoms with E-state index < -0.39 is 5.60 Å². The van der Waals surface area contributed by atoms with Crippen molar-refractivity contribution in [1.29, 1.82) is 0 Å². The van der Waals surface area contributed by atoms with Crippen LogP contribution in [0, 0.1) is 5.82 Å². The first-order valence-electron chi connectivity index (χ1n) is 9.50. The maximum absolute atomic E-state index is 13.9. The van der Waals surface area contributed by atoms with Crippen LogP contribution in [0.2, 0.25) is 0 Å². The van der Waals surface area contributed by atoms with E-state index in [9.17, 15) is 9.18 Å². The van der Waals surface area contributed by atoms with Gasteiger partial charge in [0.05, 0.1) is 6.54 Å². The minimum Gasteiger partial charge on any atom is -0.444 e. The topological polar surface area (TPSA) is 74.4 Å². The molecule has 9 heteroatoms. The maximum Gasteiger partial charge on any atom is 0.410 e. The van der Waals surface area contributed by atoms with Crippen LogP contribution in [0.15, 0.2) is 23.2 Å². The number of amides is 1. The zero-order valence-electron chi connectivity index (χ0n) is 17.9. The van der Waals surface area contributed by atoms with Crippen molar-refractivity contribution in [2.75, 3.05) is 40.3 Å². The van der Waals surface area contributed by atoms with E-state index in [-0.39, 0.29) is 35.9 Å². The molecule has 0 bridgehead atoms. The number of piperazine rings is 1. The summed E-state index contributed by atoms with van der Waals surface area (Å²) in [4.78, 5) is 22.1. The normalized spacial score (nSPS) is 15.3. The van der Waals surface area contributed by atoms with Crippen LogP contribution in [0.5, 0.6) is 0 Å². The molecule has 0 spiro atoms. The Labute approximate surface area is 190 Å². The molecular formula is C20H33FIN5O2. The van der Waals surface area contributed by atoms with Gasteiger partial charge in [0.2, 0.25) is 0 Å². The lowest BCUT2D eigenvalue weighted by molar-refractivity contribution is 0.0186. The van der Waals surface area contributed by atoms with E-state index in [2.05, 4.69) is 4.99 Å². The van der Waals surface area contributed by atoms with Gasteiger partial charge in [-0.1, -0.05) is 6.07 Å². The number of nitrogens with zero attached hydrogens (tertiary/aromatic N) is 4. The molecule has 1 fully saturated rings. The number of guanidine groups is 1. The van der Waals surface area contributed by atoms with Gasteiger partial charge in [0.25, 0.3) is 0 Å². The Morgan fingerprint density at radius 2 is 1.79 bits per heavy atom. The fraction of sp³-hybridized carbons (Fsp3) is 0.600. The number of carbonyl (C=O) groups is 1. The van der Waals surface area contributed by atoms with Crippen molar-refractivity contribution in [2.45, 2.75) is 39.5 Å². The van der Waals surface area contributed by atoms with Gasteiger partial charge in [-0.15, -0.1) is 24.0 Å². The Hall–Kier alpha value is -1.62. The fourth-order valence-electron chi connectivity index (χ4n) is 2.91. The van der Waals surface area contributed by atoms with Crippen molar-refractivity contribution >= 4 is 36.0 Å². The monoisotopic (exact) mass is 521 g/mol. The van der Waals surface area contributed by atoms with E-state index in [1.807, 2.05) is 50.7 Å². The Balaban J connectivity index is 0.00000420. The first-order chi connectivity index (χ1) is 13.0. The number of hydrogen-bond acceptors (Lipinski definition) is 4. The lowest BCUT2D eigenvalue weighted by Crippen LogP contribution is -2.53. The van der Waals surface area contributed by atoms with Crippen molar-refractivity contribution in [3.63, 3.8) is 0 Å². The zero-order valence-corrected chi connectivity index (χ0v) is 20.3. The van der Waals surface area contributed by atoms with E-state index in [1.54, 1.807) is 11.0 Å². The molecule has 1 saturated heterocycles. The first kappa shape index (κ1) is 25.4. The van der Waals surface area contributed by atoms with Crippen LogP contribution in [0.4, 0.5) is 9.18 Å². The highest BCUT2D eigenvalue weighted by Crippen LogP contribution is 2.14. The summed E-state index contributed by atoms with van der Waals surface area (Å²) in [6.45, 7) is 8.75. The van der Waals surface area contributed by atoms with Crippen molar-refractivity contribution in [1.82, 2.24) is 14.7 Å². The predicted molar refractivity (Wildman–Crippen MR) is 124 cm³/mol. The zero-order chi connectivity index (χ0) is 20.9. The van der Waals surface area contributed by atoms with Gasteiger partial charge in [0.15, 0.2) is 5.96 Å². The summed E-state index contributed by atoms with van der Waals surface area (Å²) in [6.07, 6.45) is -0.303. The summed E-state index contributed by atoms with van der Waals surface area (Å²) in [5.41, 5.74) is 7.17. The van der Waals surface area contributed by atoms with Gasteiger partial charge in [0, 0.05) is 38.3 Å². The van der Waals surface area contributed by atoms with Crippen molar-refractivity contribution in [3.05, 3.63) is 35.1 Å². The van der Waals surface area contributed by atoms with Gasteiger partial charge in [-0.3, -0.25) is 0 Å². The molecule has 2 N–H and O–H groups in total. The van der Waals surface area contributed by atoms with Gasteiger partial charge >= 0.3 is 6.09 Å². The van der Waals surface area contributed by atoms with Crippen LogP contribution in [0.1, 0.15) is 31.9 Å². The average Bonchev–Trinajstić information content (AvgIpc) is 2.60. The highest BCUT2D eigenvalue weighted by molar-refractivity contribution is 14.0. The Kier molecular flexibility index (Phi) is 9.60. The lowest BCUT2D eigenvalue weighted by atomic mass is 10.1. The van der Waals surface area contributed by atoms with Crippen molar-refractivity contribution in [3.8, 4) is 0 Å². The molecule has 0 atom stereocenters. The van der Waals surface area contributed by atoms with Gasteiger partial charge in [-0.05, 0) is 52.6 Å². The number of rotatable bonds is 4. The second-order valence-corrected chi connectivity index (χ2v) is 8.29. The predicted octanol–water partition coefficient (Wildman–Crippen LogP) is 2.87. The average molecular weight is 521 g/mol. The number of ether oxygens (including phenoxy) is 1. The summed E-state index contributed by atoms with van der Waals surface area (Å²) in [6, 6.07) is 5.03. The molecular weight excluding hydrogens is 488 g/mol. The highest BCUT2D eigenvalue weighted by atomic mass is 127. The van der Waals surface area contributed by atoms with E-state index in [4.69, 9.17) is 10.5 Å². The summed E-state index contributed by atoms with van der Waals surface area (Å²) < 4.78 is 19.3. The summed E-state index contributed by atoms with van der Waals surface area (Å²) in [5.74, 6) is 0.218. The van der Waals surface area contributed by atoms with Crippen molar-refractivity contribution < 1.29 is 13.9 Å². The largest absolute Gasteiger partial charge is 0.444 e. The maximum atomic E-state index is 13.9. The summed E-state index contributed by atoms with van der Waals surface area (Å²) in [5, 5.41) is 0. The van der Waals surface area contributed by atoms with E-state index >= 15 is 0 Å². The summed E-state index contributed by atoms with van der Waals surface area (Å²) in [7, 11) is 3.80. The first-order valence-corrected chi connectivity index (χ1v) is 9.50. The van der Waals surface area contributed by atoms with Crippen LogP contribution >= 0.6 is 24.0 Å². The van der Waals surface area contributed by atoms with Crippen LogP contribution < -0.4 is 5.73 Å².